The third-order valence-corrected chi connectivity index (χ3v) is 2.82. The number of carbonyl (C=O) groups excluding carboxylic acids is 1. The van der Waals surface area contributed by atoms with E-state index in [4.69, 9.17) is 4.42 Å². The van der Waals surface area contributed by atoms with E-state index in [-0.39, 0.29) is 5.91 Å². The van der Waals surface area contributed by atoms with Gasteiger partial charge in [-0.25, -0.2) is 4.79 Å². The summed E-state index contributed by atoms with van der Waals surface area (Å²) in [5, 5.41) is 5.76. The van der Waals surface area contributed by atoms with Crippen molar-refractivity contribution in [2.24, 2.45) is 0 Å². The molecule has 0 aliphatic rings. The van der Waals surface area contributed by atoms with Crippen LogP contribution in [0.25, 0.3) is 11.1 Å². The van der Waals surface area contributed by atoms with Crippen LogP contribution >= 0.6 is 0 Å². The molecular formula is C13H17N3O3. The molecule has 0 aliphatic heterocycles. The maximum absolute atomic E-state index is 11.4. The lowest BCUT2D eigenvalue weighted by Crippen LogP contribution is -2.28. The quantitative estimate of drug-likeness (QED) is 0.703. The summed E-state index contributed by atoms with van der Waals surface area (Å²) in [4.78, 5) is 25.0. The Morgan fingerprint density at radius 2 is 2.21 bits per heavy atom. The smallest absolute Gasteiger partial charge is 0.408 e. The van der Waals surface area contributed by atoms with Gasteiger partial charge in [-0.1, -0.05) is 6.07 Å². The van der Waals surface area contributed by atoms with Gasteiger partial charge in [0, 0.05) is 19.5 Å². The van der Waals surface area contributed by atoms with Crippen molar-refractivity contribution in [1.29, 1.82) is 0 Å². The summed E-state index contributed by atoms with van der Waals surface area (Å²) < 4.78 is 4.98. The predicted octanol–water partition coefficient (Wildman–Crippen LogP) is 0.389. The van der Waals surface area contributed by atoms with Gasteiger partial charge < -0.3 is 15.1 Å². The van der Waals surface area contributed by atoms with E-state index in [1.54, 1.807) is 6.07 Å². The molecule has 102 valence electrons. The van der Waals surface area contributed by atoms with Crippen LogP contribution in [0.2, 0.25) is 0 Å². The van der Waals surface area contributed by atoms with Crippen molar-refractivity contribution in [3.63, 3.8) is 0 Å². The summed E-state index contributed by atoms with van der Waals surface area (Å²) in [5.74, 6) is -0.420. The normalized spacial score (nSPS) is 10.8. The molecule has 19 heavy (non-hydrogen) atoms. The first kappa shape index (κ1) is 13.4. The average molecular weight is 263 g/mol. The number of nitrogens with one attached hydrogen (secondary N) is 3. The fraction of sp³-hybridized carbons (Fsp3) is 0.385. The zero-order valence-corrected chi connectivity index (χ0v) is 10.8. The zero-order valence-electron chi connectivity index (χ0n) is 10.8. The fourth-order valence-electron chi connectivity index (χ4n) is 1.82. The van der Waals surface area contributed by atoms with Crippen molar-refractivity contribution >= 4 is 17.0 Å². The Hall–Kier alpha value is -2.08. The van der Waals surface area contributed by atoms with Crippen molar-refractivity contribution in [1.82, 2.24) is 15.6 Å². The monoisotopic (exact) mass is 263 g/mol. The number of carbonyl (C=O) groups is 1. The molecule has 0 radical (unpaired) electrons. The van der Waals surface area contributed by atoms with Gasteiger partial charge in [-0.15, -0.1) is 0 Å². The number of fused-ring (bicyclic) bond motifs is 1. The molecule has 1 aromatic heterocycles. The number of oxazole rings is 1. The van der Waals surface area contributed by atoms with Crippen molar-refractivity contribution in [2.45, 2.75) is 12.8 Å². The topological polar surface area (TPSA) is 87.1 Å². The van der Waals surface area contributed by atoms with E-state index in [0.717, 1.165) is 5.56 Å². The van der Waals surface area contributed by atoms with E-state index in [9.17, 15) is 9.59 Å². The van der Waals surface area contributed by atoms with Gasteiger partial charge >= 0.3 is 5.76 Å². The molecule has 0 bridgehead atoms. The summed E-state index contributed by atoms with van der Waals surface area (Å²) in [7, 11) is 1.81. The molecule has 0 fully saturated rings. The minimum Gasteiger partial charge on any atom is -0.408 e. The molecule has 0 saturated carbocycles. The summed E-state index contributed by atoms with van der Waals surface area (Å²) in [6.45, 7) is 1.25. The van der Waals surface area contributed by atoms with Crippen LogP contribution in [0.1, 0.15) is 12.0 Å². The first-order valence-electron chi connectivity index (χ1n) is 6.22. The molecular weight excluding hydrogens is 246 g/mol. The Bertz CT molecular complexity index is 615. The molecule has 1 amide bonds. The van der Waals surface area contributed by atoms with Gasteiger partial charge in [-0.05, 0) is 31.2 Å². The molecule has 1 heterocycles. The van der Waals surface area contributed by atoms with E-state index in [0.29, 0.717) is 37.0 Å². The van der Waals surface area contributed by atoms with Crippen LogP contribution in [0.3, 0.4) is 0 Å². The van der Waals surface area contributed by atoms with Crippen molar-refractivity contribution in [3.05, 3.63) is 34.3 Å². The number of hydrogen-bond donors (Lipinski definition) is 3. The minimum absolute atomic E-state index is 0.0311. The third kappa shape index (κ3) is 3.69. The molecule has 0 spiro atoms. The van der Waals surface area contributed by atoms with Crippen molar-refractivity contribution in [2.75, 3.05) is 20.1 Å². The summed E-state index contributed by atoms with van der Waals surface area (Å²) >= 11 is 0. The van der Waals surface area contributed by atoms with Crippen molar-refractivity contribution < 1.29 is 9.21 Å². The highest BCUT2D eigenvalue weighted by atomic mass is 16.4. The minimum atomic E-state index is -0.451. The highest BCUT2D eigenvalue weighted by molar-refractivity contribution is 5.76. The Balaban J connectivity index is 1.87. The highest BCUT2D eigenvalue weighted by Gasteiger charge is 2.03. The van der Waals surface area contributed by atoms with Gasteiger partial charge in [0.2, 0.25) is 5.91 Å². The largest absolute Gasteiger partial charge is 0.417 e. The molecule has 0 saturated heterocycles. The second kappa shape index (κ2) is 6.19. The Kier molecular flexibility index (Phi) is 4.35. The lowest BCUT2D eigenvalue weighted by atomic mass is 10.1. The van der Waals surface area contributed by atoms with Crippen LogP contribution in [0.4, 0.5) is 0 Å². The number of amides is 1. The molecule has 1 aromatic carbocycles. The van der Waals surface area contributed by atoms with E-state index in [1.165, 1.54) is 0 Å². The zero-order chi connectivity index (χ0) is 13.7. The Labute approximate surface area is 110 Å². The van der Waals surface area contributed by atoms with Gasteiger partial charge in [-0.3, -0.25) is 9.78 Å². The second-order valence-electron chi connectivity index (χ2n) is 4.30. The van der Waals surface area contributed by atoms with Crippen LogP contribution in [-0.2, 0) is 11.2 Å². The number of benzene rings is 1. The number of H-pyrrole nitrogens is 1. The van der Waals surface area contributed by atoms with Gasteiger partial charge in [-0.2, -0.15) is 0 Å². The van der Waals surface area contributed by atoms with Crippen LogP contribution in [0, 0.1) is 0 Å². The number of rotatable bonds is 6. The Morgan fingerprint density at radius 1 is 1.37 bits per heavy atom. The highest BCUT2D eigenvalue weighted by Crippen LogP contribution is 2.12. The van der Waals surface area contributed by atoms with E-state index in [1.807, 2.05) is 19.2 Å². The molecule has 0 aliphatic carbocycles. The van der Waals surface area contributed by atoms with E-state index in [2.05, 4.69) is 15.6 Å². The van der Waals surface area contributed by atoms with E-state index < -0.39 is 5.76 Å². The van der Waals surface area contributed by atoms with Gasteiger partial charge in [0.15, 0.2) is 5.58 Å². The Morgan fingerprint density at radius 3 is 3.00 bits per heavy atom. The van der Waals surface area contributed by atoms with Crippen LogP contribution in [0.15, 0.2) is 27.4 Å². The molecule has 0 atom stereocenters. The molecule has 3 N–H and O–H groups in total. The number of hydrogen-bond acceptors (Lipinski definition) is 4. The lowest BCUT2D eigenvalue weighted by Gasteiger charge is -2.05. The first-order valence-corrected chi connectivity index (χ1v) is 6.22. The standard InChI is InChI=1S/C13H17N3O3/c1-14-6-5-12(17)15-7-4-9-2-3-10-11(8-9)19-13(18)16-10/h2-3,8,14H,4-7H2,1H3,(H,15,17)(H,16,18). The molecule has 2 rings (SSSR count). The maximum Gasteiger partial charge on any atom is 0.417 e. The van der Waals surface area contributed by atoms with Gasteiger partial charge in [0.25, 0.3) is 0 Å². The van der Waals surface area contributed by atoms with Crippen LogP contribution < -0.4 is 16.4 Å². The molecule has 6 heteroatoms. The van der Waals surface area contributed by atoms with Gasteiger partial charge in [0.1, 0.15) is 0 Å². The van der Waals surface area contributed by atoms with Crippen LogP contribution in [-0.4, -0.2) is 31.0 Å². The molecule has 0 unspecified atom stereocenters. The number of aromatic amines is 1. The fourth-order valence-corrected chi connectivity index (χ4v) is 1.82. The lowest BCUT2D eigenvalue weighted by molar-refractivity contribution is -0.120. The molecule has 2 aromatic rings. The summed E-state index contributed by atoms with van der Waals surface area (Å²) in [5.41, 5.74) is 2.25. The van der Waals surface area contributed by atoms with E-state index >= 15 is 0 Å². The van der Waals surface area contributed by atoms with Gasteiger partial charge in [0.05, 0.1) is 5.52 Å². The summed E-state index contributed by atoms with van der Waals surface area (Å²) in [6, 6.07) is 5.53. The molecule has 6 nitrogen and oxygen atoms in total. The first-order chi connectivity index (χ1) is 9.19. The van der Waals surface area contributed by atoms with Crippen molar-refractivity contribution in [3.8, 4) is 0 Å². The summed E-state index contributed by atoms with van der Waals surface area (Å²) in [6.07, 6.45) is 1.18. The SMILES string of the molecule is CNCCC(=O)NCCc1ccc2[nH]c(=O)oc2c1. The maximum atomic E-state index is 11.4. The second-order valence-corrected chi connectivity index (χ2v) is 4.30. The van der Waals surface area contributed by atoms with Crippen LogP contribution in [0.5, 0.6) is 0 Å². The predicted molar refractivity (Wildman–Crippen MR) is 72.1 cm³/mol. The third-order valence-electron chi connectivity index (χ3n) is 2.82. The average Bonchev–Trinajstić information content (AvgIpc) is 2.75. The number of aromatic nitrogens is 1.